The third-order valence-corrected chi connectivity index (χ3v) is 6.87. The molecular weight excluding hydrogens is 497 g/mol. The number of terminal acetylenes is 1. The average Bonchev–Trinajstić information content (AvgIpc) is 2.89. The zero-order valence-corrected chi connectivity index (χ0v) is 22.1. The molecule has 2 aromatic rings. The molecule has 1 unspecified atom stereocenters. The summed E-state index contributed by atoms with van der Waals surface area (Å²) in [6.07, 6.45) is 9.18. The monoisotopic (exact) mass is 527 g/mol. The Hall–Kier alpha value is -2.83. The fraction of sp³-hybridized carbons (Fsp3) is 0.414. The van der Waals surface area contributed by atoms with Gasteiger partial charge in [-0.25, -0.2) is 0 Å². The van der Waals surface area contributed by atoms with E-state index in [2.05, 4.69) is 23.1 Å². The summed E-state index contributed by atoms with van der Waals surface area (Å²) in [5, 5.41) is 3.96. The summed E-state index contributed by atoms with van der Waals surface area (Å²) >= 11 is 12.2. The van der Waals surface area contributed by atoms with Crippen molar-refractivity contribution >= 4 is 29.1 Å². The van der Waals surface area contributed by atoms with Gasteiger partial charge in [-0.1, -0.05) is 66.9 Å². The SMILES string of the molecule is C#CCOC(C(=O)N[C@@H]1CCCC[C@H]1c1ccc(OCC#CCC)c(OC)c1)c1ccc(Cl)c(Cl)c1. The summed E-state index contributed by atoms with van der Waals surface area (Å²) in [7, 11) is 1.62. The van der Waals surface area contributed by atoms with Gasteiger partial charge >= 0.3 is 0 Å². The molecule has 0 saturated heterocycles. The first-order valence-corrected chi connectivity index (χ1v) is 12.8. The Morgan fingerprint density at radius 2 is 1.89 bits per heavy atom. The van der Waals surface area contributed by atoms with Crippen molar-refractivity contribution in [3.8, 4) is 35.7 Å². The molecule has 0 bridgehead atoms. The van der Waals surface area contributed by atoms with E-state index in [-0.39, 0.29) is 24.5 Å². The summed E-state index contributed by atoms with van der Waals surface area (Å²) in [5.41, 5.74) is 1.68. The molecule has 0 aromatic heterocycles. The van der Waals surface area contributed by atoms with E-state index in [1.807, 2.05) is 25.1 Å². The lowest BCUT2D eigenvalue weighted by atomic mass is 9.79. The molecule has 3 atom stereocenters. The third-order valence-electron chi connectivity index (χ3n) is 6.13. The van der Waals surface area contributed by atoms with Crippen molar-refractivity contribution in [2.45, 2.75) is 57.1 Å². The fourth-order valence-corrected chi connectivity index (χ4v) is 4.72. The Balaban J connectivity index is 1.80. The van der Waals surface area contributed by atoms with Gasteiger partial charge in [0, 0.05) is 18.4 Å². The summed E-state index contributed by atoms with van der Waals surface area (Å²) in [5.74, 6) is 9.54. The summed E-state index contributed by atoms with van der Waals surface area (Å²) in [6.45, 7) is 2.29. The van der Waals surface area contributed by atoms with E-state index >= 15 is 0 Å². The highest BCUT2D eigenvalue weighted by molar-refractivity contribution is 6.42. The Labute approximate surface area is 223 Å². The molecule has 7 heteroatoms. The zero-order chi connectivity index (χ0) is 25.9. The molecule has 0 spiro atoms. The largest absolute Gasteiger partial charge is 0.493 e. The molecule has 1 amide bonds. The van der Waals surface area contributed by atoms with Crippen LogP contribution in [0.1, 0.15) is 62.2 Å². The van der Waals surface area contributed by atoms with E-state index in [1.165, 1.54) is 0 Å². The number of carbonyl (C=O) groups excluding carboxylic acids is 1. The van der Waals surface area contributed by atoms with Gasteiger partial charge in [0.25, 0.3) is 5.91 Å². The molecule has 1 fully saturated rings. The first kappa shape index (κ1) is 27.8. The maximum absolute atomic E-state index is 13.4. The van der Waals surface area contributed by atoms with Gasteiger partial charge in [-0.15, -0.1) is 12.3 Å². The van der Waals surface area contributed by atoms with Gasteiger partial charge in [0.05, 0.1) is 17.2 Å². The van der Waals surface area contributed by atoms with Gasteiger partial charge in [0.1, 0.15) is 13.2 Å². The molecule has 1 aliphatic rings. The van der Waals surface area contributed by atoms with Crippen LogP contribution in [0.5, 0.6) is 11.5 Å². The molecule has 36 heavy (non-hydrogen) atoms. The van der Waals surface area contributed by atoms with Crippen LogP contribution in [0.2, 0.25) is 10.0 Å². The van der Waals surface area contributed by atoms with Crippen LogP contribution in [0.25, 0.3) is 0 Å². The lowest BCUT2D eigenvalue weighted by molar-refractivity contribution is -0.133. The summed E-state index contributed by atoms with van der Waals surface area (Å²) in [6, 6.07) is 10.9. The van der Waals surface area contributed by atoms with E-state index in [0.29, 0.717) is 33.7 Å². The first-order valence-electron chi connectivity index (χ1n) is 12.0. The standard InChI is InChI=1S/C29H31Cl2NO4/c1-4-6-9-17-35-26-15-13-20(19-27(26)34-3)22-10-7-8-11-25(22)32-29(33)28(36-16-5-2)21-12-14-23(30)24(31)18-21/h2,12-15,18-19,22,25,28H,4,7-8,10-11,16-17H2,1,3H3,(H,32,33)/t22-,25+,28?/m0/s1. The molecular formula is C29H31Cl2NO4. The quantitative estimate of drug-likeness (QED) is 0.387. The van der Waals surface area contributed by atoms with Crippen molar-refractivity contribution in [3.63, 3.8) is 0 Å². The summed E-state index contributed by atoms with van der Waals surface area (Å²) < 4.78 is 17.1. The number of rotatable bonds is 9. The number of ether oxygens (including phenoxy) is 3. The van der Waals surface area contributed by atoms with Crippen LogP contribution in [0.15, 0.2) is 36.4 Å². The lowest BCUT2D eigenvalue weighted by Crippen LogP contribution is -2.43. The minimum absolute atomic E-state index is 0.00623. The normalized spacial score (nSPS) is 17.8. The van der Waals surface area contributed by atoms with Crippen LogP contribution < -0.4 is 14.8 Å². The Morgan fingerprint density at radius 3 is 2.61 bits per heavy atom. The molecule has 5 nitrogen and oxygen atoms in total. The zero-order valence-electron chi connectivity index (χ0n) is 20.6. The van der Waals surface area contributed by atoms with Crippen LogP contribution in [0.4, 0.5) is 0 Å². The Bertz CT molecular complexity index is 1150. The highest BCUT2D eigenvalue weighted by Crippen LogP contribution is 2.38. The van der Waals surface area contributed by atoms with E-state index in [1.54, 1.807) is 25.3 Å². The topological polar surface area (TPSA) is 56.8 Å². The number of amides is 1. The second-order valence-electron chi connectivity index (χ2n) is 8.48. The average molecular weight is 528 g/mol. The number of carbonyl (C=O) groups is 1. The predicted molar refractivity (Wildman–Crippen MR) is 144 cm³/mol. The van der Waals surface area contributed by atoms with Crippen LogP contribution in [-0.4, -0.2) is 32.3 Å². The maximum Gasteiger partial charge on any atom is 0.254 e. The molecule has 1 N–H and O–H groups in total. The molecule has 2 aromatic carbocycles. The van der Waals surface area contributed by atoms with Gasteiger partial charge in [0.2, 0.25) is 0 Å². The molecule has 0 aliphatic heterocycles. The van der Waals surface area contributed by atoms with Crippen molar-refractivity contribution < 1.29 is 19.0 Å². The van der Waals surface area contributed by atoms with Crippen molar-refractivity contribution in [2.24, 2.45) is 0 Å². The maximum atomic E-state index is 13.4. The number of nitrogens with one attached hydrogen (secondary N) is 1. The van der Waals surface area contributed by atoms with Crippen molar-refractivity contribution in [1.82, 2.24) is 5.32 Å². The molecule has 1 aliphatic carbocycles. The van der Waals surface area contributed by atoms with Crippen molar-refractivity contribution in [1.29, 1.82) is 0 Å². The Kier molecular flexibility index (Phi) is 10.8. The smallest absolute Gasteiger partial charge is 0.254 e. The van der Waals surface area contributed by atoms with Crippen LogP contribution in [-0.2, 0) is 9.53 Å². The number of hydrogen-bond donors (Lipinski definition) is 1. The minimum Gasteiger partial charge on any atom is -0.493 e. The number of hydrogen-bond acceptors (Lipinski definition) is 4. The second kappa shape index (κ2) is 14.0. The van der Waals surface area contributed by atoms with Crippen LogP contribution in [0, 0.1) is 24.2 Å². The second-order valence-corrected chi connectivity index (χ2v) is 9.30. The van der Waals surface area contributed by atoms with E-state index in [9.17, 15) is 4.79 Å². The van der Waals surface area contributed by atoms with Gasteiger partial charge in [-0.2, -0.15) is 0 Å². The Morgan fingerprint density at radius 1 is 1.08 bits per heavy atom. The van der Waals surface area contributed by atoms with Gasteiger partial charge < -0.3 is 19.5 Å². The van der Waals surface area contributed by atoms with Crippen molar-refractivity contribution in [3.05, 3.63) is 57.6 Å². The molecule has 3 rings (SSSR count). The van der Waals surface area contributed by atoms with E-state index < -0.39 is 6.10 Å². The third kappa shape index (κ3) is 7.34. The lowest BCUT2D eigenvalue weighted by Gasteiger charge is -2.34. The molecule has 0 radical (unpaired) electrons. The number of benzene rings is 2. The van der Waals surface area contributed by atoms with Gasteiger partial charge in [-0.3, -0.25) is 4.79 Å². The molecule has 1 saturated carbocycles. The molecule has 0 heterocycles. The summed E-state index contributed by atoms with van der Waals surface area (Å²) in [4.78, 5) is 13.4. The fourth-order valence-electron chi connectivity index (χ4n) is 4.42. The van der Waals surface area contributed by atoms with E-state index in [0.717, 1.165) is 37.7 Å². The predicted octanol–water partition coefficient (Wildman–Crippen LogP) is 6.33. The molecule has 190 valence electrons. The highest BCUT2D eigenvalue weighted by Gasteiger charge is 2.31. The number of methoxy groups -OCH3 is 1. The minimum atomic E-state index is -0.895. The van der Waals surface area contributed by atoms with Crippen LogP contribution >= 0.6 is 23.2 Å². The van der Waals surface area contributed by atoms with Gasteiger partial charge in [0.15, 0.2) is 17.6 Å². The number of halogens is 2. The van der Waals surface area contributed by atoms with Crippen LogP contribution in [0.3, 0.4) is 0 Å². The first-order chi connectivity index (χ1) is 17.5. The van der Waals surface area contributed by atoms with E-state index in [4.69, 9.17) is 43.8 Å². The van der Waals surface area contributed by atoms with Crippen molar-refractivity contribution in [2.75, 3.05) is 20.3 Å². The highest BCUT2D eigenvalue weighted by atomic mass is 35.5. The van der Waals surface area contributed by atoms with Gasteiger partial charge in [-0.05, 0) is 48.2 Å².